The lowest BCUT2D eigenvalue weighted by Gasteiger charge is -2.28. The zero-order chi connectivity index (χ0) is 19.7. The Morgan fingerprint density at radius 2 is 1.96 bits per heavy atom. The molecule has 2 aromatic rings. The molecule has 8 heteroatoms. The molecular formula is C19H20N2O6. The minimum Gasteiger partial charge on any atom is -0.493 e. The third kappa shape index (κ3) is 2.99. The lowest BCUT2D eigenvalue weighted by Crippen LogP contribution is -2.32. The fourth-order valence-corrected chi connectivity index (χ4v) is 3.27. The van der Waals surface area contributed by atoms with Crippen molar-refractivity contribution in [1.82, 2.24) is 4.98 Å². The van der Waals surface area contributed by atoms with E-state index in [1.165, 1.54) is 21.3 Å². The lowest BCUT2D eigenvalue weighted by atomic mass is 9.83. The number of nitrogens with two attached hydrogens (primary N) is 1. The third-order valence-corrected chi connectivity index (χ3v) is 4.38. The zero-order valence-corrected chi connectivity index (χ0v) is 15.4. The van der Waals surface area contributed by atoms with Crippen LogP contribution in [0.2, 0.25) is 0 Å². The van der Waals surface area contributed by atoms with Crippen LogP contribution < -0.4 is 25.5 Å². The molecule has 0 amide bonds. The number of H-pyrrole nitrogens is 1. The Morgan fingerprint density at radius 1 is 1.22 bits per heavy atom. The standard InChI is InChI=1S/C19H20N2O6/c1-9-8-12-14(18(22)21-9)13(15(17(20)27-12)19(23)26-4)10-6-5-7-11(24-2)16(10)25-3/h5-8,13H,20H2,1-4H3,(H,21,22). The maximum atomic E-state index is 12.8. The molecule has 142 valence electrons. The van der Waals surface area contributed by atoms with Gasteiger partial charge in [-0.15, -0.1) is 0 Å². The van der Waals surface area contributed by atoms with Gasteiger partial charge >= 0.3 is 5.97 Å². The third-order valence-electron chi connectivity index (χ3n) is 4.38. The number of esters is 1. The fourth-order valence-electron chi connectivity index (χ4n) is 3.27. The summed E-state index contributed by atoms with van der Waals surface area (Å²) in [6, 6.07) is 6.83. The van der Waals surface area contributed by atoms with Crippen LogP contribution in [0.25, 0.3) is 0 Å². The second-order valence-corrected chi connectivity index (χ2v) is 5.95. The highest BCUT2D eigenvalue weighted by Gasteiger charge is 2.39. The molecule has 1 aliphatic rings. The van der Waals surface area contributed by atoms with Gasteiger partial charge in [0.15, 0.2) is 11.5 Å². The molecule has 1 atom stereocenters. The van der Waals surface area contributed by atoms with Gasteiger partial charge in [-0.3, -0.25) is 4.79 Å². The van der Waals surface area contributed by atoms with Crippen LogP contribution in [-0.2, 0) is 9.53 Å². The Hall–Kier alpha value is -3.42. The highest BCUT2D eigenvalue weighted by atomic mass is 16.5. The first-order valence-corrected chi connectivity index (χ1v) is 8.13. The summed E-state index contributed by atoms with van der Waals surface area (Å²) in [7, 11) is 4.21. The predicted molar refractivity (Wildman–Crippen MR) is 97.0 cm³/mol. The molecule has 1 aromatic heterocycles. The minimum absolute atomic E-state index is 0.0194. The molecule has 0 radical (unpaired) electrons. The molecule has 8 nitrogen and oxygen atoms in total. The summed E-state index contributed by atoms with van der Waals surface area (Å²) in [4.78, 5) is 28.0. The summed E-state index contributed by atoms with van der Waals surface area (Å²) in [6.07, 6.45) is 0. The van der Waals surface area contributed by atoms with Crippen LogP contribution in [0, 0.1) is 6.92 Å². The first kappa shape index (κ1) is 18.4. The summed E-state index contributed by atoms with van der Waals surface area (Å²) >= 11 is 0. The van der Waals surface area contributed by atoms with Gasteiger partial charge in [-0.1, -0.05) is 12.1 Å². The number of nitrogens with one attached hydrogen (secondary N) is 1. The van der Waals surface area contributed by atoms with Crippen LogP contribution in [0.5, 0.6) is 17.2 Å². The van der Waals surface area contributed by atoms with E-state index < -0.39 is 17.4 Å². The van der Waals surface area contributed by atoms with Crippen molar-refractivity contribution < 1.29 is 23.7 Å². The average molecular weight is 372 g/mol. The summed E-state index contributed by atoms with van der Waals surface area (Å²) in [6.45, 7) is 1.72. The molecule has 1 aromatic carbocycles. The van der Waals surface area contributed by atoms with Crippen LogP contribution in [0.15, 0.2) is 40.5 Å². The molecule has 3 rings (SSSR count). The number of carbonyl (C=O) groups excluding carboxylic acids is 1. The first-order valence-electron chi connectivity index (χ1n) is 8.13. The van der Waals surface area contributed by atoms with Crippen LogP contribution >= 0.6 is 0 Å². The second kappa shape index (κ2) is 7.06. The SMILES string of the molecule is COC(=O)C1=C(N)Oc2cc(C)[nH]c(=O)c2C1c1cccc(OC)c1OC. The van der Waals surface area contributed by atoms with E-state index in [0.717, 1.165) is 0 Å². The van der Waals surface area contributed by atoms with E-state index in [0.29, 0.717) is 22.8 Å². The number of rotatable bonds is 4. The number of hydrogen-bond donors (Lipinski definition) is 2. The summed E-state index contributed by atoms with van der Waals surface area (Å²) in [5.74, 6) is -0.574. The van der Waals surface area contributed by atoms with E-state index in [1.54, 1.807) is 31.2 Å². The molecule has 2 heterocycles. The van der Waals surface area contributed by atoms with Crippen LogP contribution in [0.3, 0.4) is 0 Å². The quantitative estimate of drug-likeness (QED) is 0.783. The summed E-state index contributed by atoms with van der Waals surface area (Å²) in [5.41, 5.74) is 7.02. The first-order chi connectivity index (χ1) is 12.9. The van der Waals surface area contributed by atoms with Gasteiger partial charge in [-0.05, 0) is 13.0 Å². The normalized spacial score (nSPS) is 15.6. The number of aromatic nitrogens is 1. The van der Waals surface area contributed by atoms with Crippen molar-refractivity contribution in [2.24, 2.45) is 5.73 Å². The molecule has 27 heavy (non-hydrogen) atoms. The van der Waals surface area contributed by atoms with Gasteiger partial charge in [-0.25, -0.2) is 4.79 Å². The number of aryl methyl sites for hydroxylation is 1. The molecule has 0 aliphatic carbocycles. The topological polar surface area (TPSA) is 113 Å². The molecule has 0 saturated carbocycles. The summed E-state index contributed by atoms with van der Waals surface area (Å²) < 4.78 is 21.3. The maximum absolute atomic E-state index is 12.8. The van der Waals surface area contributed by atoms with Crippen LogP contribution in [-0.4, -0.2) is 32.3 Å². The number of aromatic amines is 1. The van der Waals surface area contributed by atoms with Gasteiger partial charge < -0.3 is 29.7 Å². The van der Waals surface area contributed by atoms with Gasteiger partial charge in [0.25, 0.3) is 5.56 Å². The van der Waals surface area contributed by atoms with Crippen molar-refractivity contribution in [3.05, 3.63) is 62.9 Å². The van der Waals surface area contributed by atoms with Gasteiger partial charge in [0, 0.05) is 17.3 Å². The fraction of sp³-hybridized carbons (Fsp3) is 0.263. The van der Waals surface area contributed by atoms with Gasteiger partial charge in [0.2, 0.25) is 5.88 Å². The lowest BCUT2D eigenvalue weighted by molar-refractivity contribution is -0.136. The van der Waals surface area contributed by atoms with E-state index in [9.17, 15) is 9.59 Å². The number of para-hydroxylation sites is 1. The van der Waals surface area contributed by atoms with E-state index >= 15 is 0 Å². The van der Waals surface area contributed by atoms with Crippen molar-refractivity contribution in [1.29, 1.82) is 0 Å². The van der Waals surface area contributed by atoms with E-state index in [4.69, 9.17) is 24.7 Å². The van der Waals surface area contributed by atoms with Crippen LogP contribution in [0.4, 0.5) is 0 Å². The number of ether oxygens (including phenoxy) is 4. The van der Waals surface area contributed by atoms with Crippen molar-refractivity contribution >= 4 is 5.97 Å². The monoisotopic (exact) mass is 372 g/mol. The van der Waals surface area contributed by atoms with Gasteiger partial charge in [0.1, 0.15) is 11.3 Å². The number of hydrogen-bond acceptors (Lipinski definition) is 7. The Morgan fingerprint density at radius 3 is 2.59 bits per heavy atom. The molecule has 1 unspecified atom stereocenters. The molecule has 0 bridgehead atoms. The number of benzene rings is 1. The Labute approximate surface area is 155 Å². The molecule has 0 saturated heterocycles. The summed E-state index contributed by atoms with van der Waals surface area (Å²) in [5, 5.41) is 0. The predicted octanol–water partition coefficient (Wildman–Crippen LogP) is 1.57. The van der Waals surface area contributed by atoms with Crippen molar-refractivity contribution in [3.63, 3.8) is 0 Å². The zero-order valence-electron chi connectivity index (χ0n) is 15.4. The Balaban J connectivity index is 2.38. The average Bonchev–Trinajstić information content (AvgIpc) is 2.65. The van der Waals surface area contributed by atoms with Gasteiger partial charge in [-0.2, -0.15) is 0 Å². The van der Waals surface area contributed by atoms with Crippen molar-refractivity contribution in [3.8, 4) is 17.2 Å². The van der Waals surface area contributed by atoms with Crippen molar-refractivity contribution in [2.45, 2.75) is 12.8 Å². The van der Waals surface area contributed by atoms with E-state index in [-0.39, 0.29) is 22.8 Å². The number of pyridine rings is 1. The highest BCUT2D eigenvalue weighted by molar-refractivity contribution is 5.92. The molecule has 0 fully saturated rings. The number of methoxy groups -OCH3 is 3. The maximum Gasteiger partial charge on any atom is 0.340 e. The number of fused-ring (bicyclic) bond motifs is 1. The Bertz CT molecular complexity index is 992. The molecule has 0 spiro atoms. The molecular weight excluding hydrogens is 352 g/mol. The van der Waals surface area contributed by atoms with Crippen molar-refractivity contribution in [2.75, 3.05) is 21.3 Å². The largest absolute Gasteiger partial charge is 0.493 e. The molecule has 1 aliphatic heterocycles. The second-order valence-electron chi connectivity index (χ2n) is 5.95. The van der Waals surface area contributed by atoms with E-state index in [1.807, 2.05) is 0 Å². The van der Waals surface area contributed by atoms with Crippen LogP contribution in [0.1, 0.15) is 22.7 Å². The Kier molecular flexibility index (Phi) is 4.81. The van der Waals surface area contributed by atoms with E-state index in [2.05, 4.69) is 4.98 Å². The highest BCUT2D eigenvalue weighted by Crippen LogP contribution is 2.46. The number of carbonyl (C=O) groups is 1. The minimum atomic E-state index is -0.851. The molecule has 3 N–H and O–H groups in total. The smallest absolute Gasteiger partial charge is 0.340 e. The van der Waals surface area contributed by atoms with Gasteiger partial charge in [0.05, 0.1) is 32.8 Å².